The number of nitrogens with zero attached hydrogens (tertiary/aromatic N) is 2. The van der Waals surface area contributed by atoms with E-state index in [1.165, 1.54) is 0 Å². The normalized spacial score (nSPS) is 10.7. The summed E-state index contributed by atoms with van der Waals surface area (Å²) in [4.78, 5) is 16.5. The molecule has 0 atom stereocenters. The van der Waals surface area contributed by atoms with Gasteiger partial charge in [-0.3, -0.25) is 0 Å². The Morgan fingerprint density at radius 2 is 1.83 bits per heavy atom. The third-order valence-electron chi connectivity index (χ3n) is 3.47. The molecule has 0 bridgehead atoms. The van der Waals surface area contributed by atoms with Gasteiger partial charge in [-0.15, -0.1) is 0 Å². The van der Waals surface area contributed by atoms with Gasteiger partial charge >= 0.3 is 6.03 Å². The Balaban J connectivity index is 2.08. The van der Waals surface area contributed by atoms with E-state index in [2.05, 4.69) is 26.1 Å². The van der Waals surface area contributed by atoms with Crippen LogP contribution < -0.4 is 5.32 Å². The molecule has 2 aromatic rings. The van der Waals surface area contributed by atoms with Crippen LogP contribution in [0.2, 0.25) is 5.02 Å². The van der Waals surface area contributed by atoms with Crippen LogP contribution in [0.4, 0.5) is 10.5 Å². The molecule has 0 spiro atoms. The van der Waals surface area contributed by atoms with Gasteiger partial charge in [0, 0.05) is 34.8 Å². The van der Waals surface area contributed by atoms with Gasteiger partial charge in [0.1, 0.15) is 0 Å². The molecule has 0 saturated carbocycles. The molecule has 4 nitrogen and oxygen atoms in total. The van der Waals surface area contributed by atoms with Gasteiger partial charge in [-0.25, -0.2) is 4.79 Å². The third kappa shape index (κ3) is 6.15. The largest absolute Gasteiger partial charge is 0.322 e. The second-order valence-corrected chi connectivity index (χ2v) is 7.14. The molecule has 0 heterocycles. The van der Waals surface area contributed by atoms with E-state index in [0.717, 1.165) is 16.6 Å². The van der Waals surface area contributed by atoms with Crippen molar-refractivity contribution in [1.82, 2.24) is 9.80 Å². The molecule has 128 valence electrons. The topological polar surface area (TPSA) is 35.6 Å². The van der Waals surface area contributed by atoms with Crippen molar-refractivity contribution in [3.05, 3.63) is 63.6 Å². The maximum atomic E-state index is 12.7. The quantitative estimate of drug-likeness (QED) is 0.749. The molecule has 2 aromatic carbocycles. The summed E-state index contributed by atoms with van der Waals surface area (Å²) in [7, 11) is 3.99. The second-order valence-electron chi connectivity index (χ2n) is 5.79. The zero-order valence-electron chi connectivity index (χ0n) is 13.8. The molecular weight excluding hydrogens is 390 g/mol. The van der Waals surface area contributed by atoms with Gasteiger partial charge in [0.2, 0.25) is 0 Å². The Morgan fingerprint density at radius 3 is 2.46 bits per heavy atom. The maximum absolute atomic E-state index is 12.7. The van der Waals surface area contributed by atoms with Gasteiger partial charge in [0.15, 0.2) is 0 Å². The average Bonchev–Trinajstić information content (AvgIpc) is 2.53. The predicted molar refractivity (Wildman–Crippen MR) is 104 cm³/mol. The number of likely N-dealkylation sites (N-methyl/N-ethyl adjacent to an activating group) is 1. The average molecular weight is 411 g/mol. The van der Waals surface area contributed by atoms with Gasteiger partial charge < -0.3 is 15.1 Å². The number of benzene rings is 2. The number of halogens is 2. The van der Waals surface area contributed by atoms with Crippen molar-refractivity contribution in [3.63, 3.8) is 0 Å². The fourth-order valence-corrected chi connectivity index (χ4v) is 2.61. The Bertz CT molecular complexity index is 676. The Hall–Kier alpha value is -1.56. The van der Waals surface area contributed by atoms with Gasteiger partial charge in [0.05, 0.1) is 0 Å². The molecule has 0 unspecified atom stereocenters. The first-order chi connectivity index (χ1) is 11.4. The highest BCUT2D eigenvalue weighted by Gasteiger charge is 2.14. The van der Waals surface area contributed by atoms with Crippen LogP contribution in [0.3, 0.4) is 0 Å². The maximum Gasteiger partial charge on any atom is 0.322 e. The molecule has 6 heteroatoms. The fraction of sp³-hybridized carbons (Fsp3) is 0.278. The van der Waals surface area contributed by atoms with Crippen LogP contribution in [0.15, 0.2) is 53.0 Å². The number of rotatable bonds is 6. The number of nitrogens with one attached hydrogen (secondary N) is 1. The van der Waals surface area contributed by atoms with Crippen molar-refractivity contribution in [2.24, 2.45) is 0 Å². The number of urea groups is 1. The lowest BCUT2D eigenvalue weighted by atomic mass is 10.2. The molecular formula is C18H21BrClN3O. The summed E-state index contributed by atoms with van der Waals surface area (Å²) in [6.45, 7) is 1.97. The molecule has 2 amide bonds. The van der Waals surface area contributed by atoms with Gasteiger partial charge in [-0.05, 0) is 50.0 Å². The van der Waals surface area contributed by atoms with E-state index in [1.54, 1.807) is 17.0 Å². The Labute approximate surface area is 156 Å². The van der Waals surface area contributed by atoms with E-state index in [-0.39, 0.29) is 6.03 Å². The highest BCUT2D eigenvalue weighted by atomic mass is 79.9. The van der Waals surface area contributed by atoms with E-state index in [9.17, 15) is 4.79 Å². The van der Waals surface area contributed by atoms with Crippen LogP contribution >= 0.6 is 27.5 Å². The smallest absolute Gasteiger partial charge is 0.319 e. The van der Waals surface area contributed by atoms with E-state index in [0.29, 0.717) is 23.8 Å². The van der Waals surface area contributed by atoms with E-state index in [4.69, 9.17) is 11.6 Å². The summed E-state index contributed by atoms with van der Waals surface area (Å²) < 4.78 is 1.02. The van der Waals surface area contributed by atoms with Gasteiger partial charge in [-0.2, -0.15) is 0 Å². The summed E-state index contributed by atoms with van der Waals surface area (Å²) in [5.74, 6) is 0. The Kier molecular flexibility index (Phi) is 7.09. The number of carbonyl (C=O) groups is 1. The van der Waals surface area contributed by atoms with E-state index in [1.807, 2.05) is 50.5 Å². The summed E-state index contributed by atoms with van der Waals surface area (Å²) >= 11 is 9.41. The minimum absolute atomic E-state index is 0.137. The predicted octanol–water partition coefficient (Wildman–Crippen LogP) is 4.70. The number of amides is 2. The minimum atomic E-state index is -0.137. The highest BCUT2D eigenvalue weighted by Crippen LogP contribution is 2.17. The number of anilines is 1. The van der Waals surface area contributed by atoms with Crippen molar-refractivity contribution in [3.8, 4) is 0 Å². The standard InChI is InChI=1S/C18H21BrClN3O/c1-22(2)10-11-23(13-14-6-8-15(19)9-7-14)18(24)21-17-5-3-4-16(20)12-17/h3-9,12H,10-11,13H2,1-2H3,(H,21,24). The SMILES string of the molecule is CN(C)CCN(Cc1ccc(Br)cc1)C(=O)Nc1cccc(Cl)c1. The molecule has 0 aromatic heterocycles. The first-order valence-corrected chi connectivity index (χ1v) is 8.82. The van der Waals surface area contributed by atoms with Gasteiger partial charge in [-0.1, -0.05) is 45.7 Å². The van der Waals surface area contributed by atoms with Crippen LogP contribution in [-0.4, -0.2) is 43.0 Å². The first-order valence-electron chi connectivity index (χ1n) is 7.65. The number of hydrogen-bond acceptors (Lipinski definition) is 2. The number of carbonyl (C=O) groups excluding carboxylic acids is 1. The van der Waals surface area contributed by atoms with Crippen LogP contribution in [0.1, 0.15) is 5.56 Å². The molecule has 0 fully saturated rings. The molecule has 2 rings (SSSR count). The zero-order chi connectivity index (χ0) is 17.5. The zero-order valence-corrected chi connectivity index (χ0v) is 16.1. The van der Waals surface area contributed by atoms with Crippen LogP contribution in [-0.2, 0) is 6.54 Å². The highest BCUT2D eigenvalue weighted by molar-refractivity contribution is 9.10. The summed E-state index contributed by atoms with van der Waals surface area (Å²) in [5.41, 5.74) is 1.77. The minimum Gasteiger partial charge on any atom is -0.319 e. The lowest BCUT2D eigenvalue weighted by molar-refractivity contribution is 0.202. The number of hydrogen-bond donors (Lipinski definition) is 1. The molecule has 1 N–H and O–H groups in total. The molecule has 0 radical (unpaired) electrons. The second kappa shape index (κ2) is 9.06. The van der Waals surface area contributed by atoms with Crippen LogP contribution in [0.5, 0.6) is 0 Å². The monoisotopic (exact) mass is 409 g/mol. The summed E-state index contributed by atoms with van der Waals surface area (Å²) in [5, 5.41) is 3.51. The van der Waals surface area contributed by atoms with Crippen LogP contribution in [0, 0.1) is 0 Å². The lowest BCUT2D eigenvalue weighted by Crippen LogP contribution is -2.39. The third-order valence-corrected chi connectivity index (χ3v) is 4.23. The van der Waals surface area contributed by atoms with Crippen molar-refractivity contribution in [1.29, 1.82) is 0 Å². The molecule has 0 aliphatic carbocycles. The van der Waals surface area contributed by atoms with Crippen molar-refractivity contribution in [2.75, 3.05) is 32.5 Å². The lowest BCUT2D eigenvalue weighted by Gasteiger charge is -2.25. The summed E-state index contributed by atoms with van der Waals surface area (Å²) in [6, 6.07) is 15.0. The van der Waals surface area contributed by atoms with Gasteiger partial charge in [0.25, 0.3) is 0 Å². The molecule has 24 heavy (non-hydrogen) atoms. The van der Waals surface area contributed by atoms with Crippen molar-refractivity contribution >= 4 is 39.2 Å². The van der Waals surface area contributed by atoms with Crippen molar-refractivity contribution < 1.29 is 4.79 Å². The molecule has 0 saturated heterocycles. The van der Waals surface area contributed by atoms with E-state index < -0.39 is 0 Å². The molecule has 0 aliphatic rings. The Morgan fingerprint density at radius 1 is 1.12 bits per heavy atom. The van der Waals surface area contributed by atoms with E-state index >= 15 is 0 Å². The molecule has 0 aliphatic heterocycles. The van der Waals surface area contributed by atoms with Crippen LogP contribution in [0.25, 0.3) is 0 Å². The summed E-state index contributed by atoms with van der Waals surface area (Å²) in [6.07, 6.45) is 0. The fourth-order valence-electron chi connectivity index (χ4n) is 2.15. The first kappa shape index (κ1) is 18.8. The van der Waals surface area contributed by atoms with Crippen molar-refractivity contribution in [2.45, 2.75) is 6.54 Å².